The summed E-state index contributed by atoms with van der Waals surface area (Å²) in [6.45, 7) is 1.28. The van der Waals surface area contributed by atoms with Gasteiger partial charge in [0.1, 0.15) is 5.75 Å². The van der Waals surface area contributed by atoms with Gasteiger partial charge in [0.05, 0.1) is 4.90 Å². The van der Waals surface area contributed by atoms with Crippen LogP contribution >= 0.6 is 0 Å². The second-order valence-electron chi connectivity index (χ2n) is 3.75. The summed E-state index contributed by atoms with van der Waals surface area (Å²) >= 11 is 0. The molecular formula is C11H11N3O4S. The predicted molar refractivity (Wildman–Crippen MR) is 65.9 cm³/mol. The van der Waals surface area contributed by atoms with Crippen molar-refractivity contribution >= 4 is 21.8 Å². The van der Waals surface area contributed by atoms with E-state index in [1.165, 1.54) is 19.1 Å². The van der Waals surface area contributed by atoms with E-state index in [9.17, 15) is 13.2 Å². The topological polar surface area (TPSA) is 102 Å². The smallest absolute Gasteiger partial charge is 0.322 e. The van der Waals surface area contributed by atoms with Gasteiger partial charge in [-0.2, -0.15) is 0 Å². The van der Waals surface area contributed by atoms with Gasteiger partial charge in [0.25, 0.3) is 0 Å². The van der Waals surface area contributed by atoms with E-state index in [0.29, 0.717) is 0 Å². The molecular weight excluding hydrogens is 270 g/mol. The van der Waals surface area contributed by atoms with Crippen molar-refractivity contribution in [2.75, 3.05) is 5.32 Å². The zero-order valence-corrected chi connectivity index (χ0v) is 10.8. The molecule has 0 saturated heterocycles. The van der Waals surface area contributed by atoms with Gasteiger partial charge in [0.15, 0.2) is 9.84 Å². The highest BCUT2D eigenvalue weighted by Gasteiger charge is 2.19. The van der Waals surface area contributed by atoms with E-state index >= 15 is 0 Å². The van der Waals surface area contributed by atoms with Gasteiger partial charge in [0, 0.05) is 6.92 Å². The van der Waals surface area contributed by atoms with Crippen LogP contribution in [0.1, 0.15) is 12.8 Å². The lowest BCUT2D eigenvalue weighted by atomic mass is 10.4. The van der Waals surface area contributed by atoms with Gasteiger partial charge >= 0.3 is 6.01 Å². The minimum Gasteiger partial charge on any atom is -0.407 e. The monoisotopic (exact) mass is 281 g/mol. The molecule has 0 aliphatic rings. The minimum absolute atomic E-state index is 0.0763. The fraction of sp³-hybridized carbons (Fsp3) is 0.182. The predicted octanol–water partition coefficient (Wildman–Crippen LogP) is 1.00. The molecule has 0 fully saturated rings. The van der Waals surface area contributed by atoms with Crippen LogP contribution in [0, 0.1) is 0 Å². The Morgan fingerprint density at radius 1 is 1.26 bits per heavy atom. The second-order valence-corrected chi connectivity index (χ2v) is 5.74. The third-order valence-corrected chi connectivity index (χ3v) is 3.78. The number of nitrogens with zero attached hydrogens (tertiary/aromatic N) is 2. The largest absolute Gasteiger partial charge is 0.407 e. The zero-order valence-electron chi connectivity index (χ0n) is 10.0. The van der Waals surface area contributed by atoms with E-state index in [-0.39, 0.29) is 22.7 Å². The van der Waals surface area contributed by atoms with E-state index in [1.807, 2.05) is 0 Å². The third kappa shape index (κ3) is 3.38. The molecule has 1 N–H and O–H groups in total. The molecule has 0 aliphatic heterocycles. The summed E-state index contributed by atoms with van der Waals surface area (Å²) in [7, 11) is -3.54. The summed E-state index contributed by atoms with van der Waals surface area (Å²) < 4.78 is 29.1. The Kier molecular flexibility index (Phi) is 3.61. The molecule has 2 aromatic rings. The van der Waals surface area contributed by atoms with Crippen LogP contribution in [0.2, 0.25) is 0 Å². The Hall–Kier alpha value is -2.22. The standard InChI is InChI=1S/C11H11N3O4S/c1-8(15)12-11-14-13-10(18-11)7-19(16,17)9-5-3-2-4-6-9/h2-6H,7H2,1H3,(H,12,14,15). The average Bonchev–Trinajstić information content (AvgIpc) is 2.76. The van der Waals surface area contributed by atoms with Crippen LogP contribution in [0.25, 0.3) is 0 Å². The Labute approximate surface area is 109 Å². The second kappa shape index (κ2) is 5.19. The first-order valence-corrected chi connectivity index (χ1v) is 7.00. The average molecular weight is 281 g/mol. The maximum absolute atomic E-state index is 12.0. The van der Waals surface area contributed by atoms with Crippen molar-refractivity contribution in [3.05, 3.63) is 36.2 Å². The number of carbonyl (C=O) groups excluding carboxylic acids is 1. The van der Waals surface area contributed by atoms with Gasteiger partial charge in [-0.05, 0) is 12.1 Å². The Balaban J connectivity index is 2.17. The molecule has 0 spiro atoms. The number of hydrogen-bond donors (Lipinski definition) is 1. The summed E-state index contributed by atoms with van der Waals surface area (Å²) in [5.74, 6) is -0.863. The molecule has 19 heavy (non-hydrogen) atoms. The molecule has 100 valence electrons. The molecule has 1 heterocycles. The van der Waals surface area contributed by atoms with Crippen LogP contribution in [0.15, 0.2) is 39.6 Å². The minimum atomic E-state index is -3.54. The number of rotatable bonds is 4. The van der Waals surface area contributed by atoms with E-state index in [4.69, 9.17) is 4.42 Å². The molecule has 0 saturated carbocycles. The van der Waals surface area contributed by atoms with Gasteiger partial charge in [-0.25, -0.2) is 8.42 Å². The van der Waals surface area contributed by atoms with Crippen molar-refractivity contribution in [1.29, 1.82) is 0 Å². The van der Waals surface area contributed by atoms with Gasteiger partial charge in [-0.15, -0.1) is 5.10 Å². The molecule has 1 amide bonds. The fourth-order valence-corrected chi connectivity index (χ4v) is 2.57. The van der Waals surface area contributed by atoms with Crippen LogP contribution in [-0.4, -0.2) is 24.5 Å². The van der Waals surface area contributed by atoms with Crippen molar-refractivity contribution in [3.8, 4) is 0 Å². The molecule has 0 radical (unpaired) electrons. The van der Waals surface area contributed by atoms with Crippen LogP contribution in [0.4, 0.5) is 6.01 Å². The van der Waals surface area contributed by atoms with Crippen LogP contribution in [0.5, 0.6) is 0 Å². The number of amides is 1. The van der Waals surface area contributed by atoms with E-state index in [2.05, 4.69) is 15.5 Å². The highest BCUT2D eigenvalue weighted by molar-refractivity contribution is 7.90. The summed E-state index contributed by atoms with van der Waals surface area (Å²) in [4.78, 5) is 10.9. The molecule has 7 nitrogen and oxygen atoms in total. The highest BCUT2D eigenvalue weighted by atomic mass is 32.2. The summed E-state index contributed by atoms with van der Waals surface area (Å²) in [6.07, 6.45) is 0. The SMILES string of the molecule is CC(=O)Nc1nnc(CS(=O)(=O)c2ccccc2)o1. The molecule has 0 bridgehead atoms. The van der Waals surface area contributed by atoms with Crippen LogP contribution in [0.3, 0.4) is 0 Å². The number of nitrogens with one attached hydrogen (secondary N) is 1. The maximum atomic E-state index is 12.0. The summed E-state index contributed by atoms with van der Waals surface area (Å²) in [5, 5.41) is 9.37. The number of sulfone groups is 1. The maximum Gasteiger partial charge on any atom is 0.322 e. The highest BCUT2D eigenvalue weighted by Crippen LogP contribution is 2.16. The Morgan fingerprint density at radius 2 is 1.95 bits per heavy atom. The Bertz CT molecular complexity index is 679. The first-order chi connectivity index (χ1) is 8.97. The van der Waals surface area contributed by atoms with Gasteiger partial charge in [0.2, 0.25) is 11.8 Å². The van der Waals surface area contributed by atoms with Gasteiger partial charge in [-0.3, -0.25) is 10.1 Å². The zero-order chi connectivity index (χ0) is 13.9. The first-order valence-electron chi connectivity index (χ1n) is 5.35. The molecule has 0 unspecified atom stereocenters. The number of carbonyl (C=O) groups is 1. The number of anilines is 1. The van der Waals surface area contributed by atoms with E-state index < -0.39 is 15.6 Å². The summed E-state index contributed by atoms with van der Waals surface area (Å²) in [6, 6.07) is 7.83. The molecule has 2 rings (SSSR count). The van der Waals surface area contributed by atoms with Gasteiger partial charge < -0.3 is 4.42 Å². The number of benzene rings is 1. The van der Waals surface area contributed by atoms with E-state index in [1.54, 1.807) is 18.2 Å². The van der Waals surface area contributed by atoms with Crippen molar-refractivity contribution in [2.45, 2.75) is 17.6 Å². The molecule has 1 aromatic heterocycles. The van der Waals surface area contributed by atoms with Crippen LogP contribution < -0.4 is 5.32 Å². The van der Waals surface area contributed by atoms with Crippen molar-refractivity contribution < 1.29 is 17.6 Å². The molecule has 8 heteroatoms. The number of hydrogen-bond acceptors (Lipinski definition) is 6. The van der Waals surface area contributed by atoms with Gasteiger partial charge in [-0.1, -0.05) is 23.3 Å². The van der Waals surface area contributed by atoms with Crippen molar-refractivity contribution in [2.24, 2.45) is 0 Å². The molecule has 0 aliphatic carbocycles. The van der Waals surface area contributed by atoms with Crippen LogP contribution in [-0.2, 0) is 20.4 Å². The molecule has 0 atom stereocenters. The lowest BCUT2D eigenvalue weighted by Crippen LogP contribution is -2.06. The van der Waals surface area contributed by atoms with Crippen molar-refractivity contribution in [1.82, 2.24) is 10.2 Å². The Morgan fingerprint density at radius 3 is 2.58 bits per heavy atom. The lowest BCUT2D eigenvalue weighted by Gasteiger charge is -2.00. The van der Waals surface area contributed by atoms with Crippen molar-refractivity contribution in [3.63, 3.8) is 0 Å². The first kappa shape index (κ1) is 13.2. The fourth-order valence-electron chi connectivity index (χ4n) is 1.39. The lowest BCUT2D eigenvalue weighted by molar-refractivity contribution is -0.114. The third-order valence-electron chi connectivity index (χ3n) is 2.17. The number of aromatic nitrogens is 2. The summed E-state index contributed by atoms with van der Waals surface area (Å²) in [5.41, 5.74) is 0. The molecule has 1 aromatic carbocycles. The normalized spacial score (nSPS) is 11.2. The van der Waals surface area contributed by atoms with E-state index in [0.717, 1.165) is 0 Å². The quantitative estimate of drug-likeness (QED) is 0.897.